The number of nitrogens with zero attached hydrogens (tertiary/aromatic N) is 2. The van der Waals surface area contributed by atoms with Crippen LogP contribution in [0, 0.1) is 6.92 Å². The van der Waals surface area contributed by atoms with Crippen LogP contribution >= 0.6 is 11.6 Å². The van der Waals surface area contributed by atoms with Crippen molar-refractivity contribution < 1.29 is 10.0 Å². The molecular weight excluding hydrogens is 278 g/mol. The van der Waals surface area contributed by atoms with Crippen LogP contribution in [0.4, 0.5) is 0 Å². The van der Waals surface area contributed by atoms with E-state index in [0.717, 1.165) is 18.4 Å². The molecule has 1 fully saturated rings. The number of oxime groups is 1. The second-order valence-corrected chi connectivity index (χ2v) is 5.41. The fourth-order valence-electron chi connectivity index (χ4n) is 2.49. The number of rotatable bonds is 2. The van der Waals surface area contributed by atoms with Gasteiger partial charge in [0.1, 0.15) is 0 Å². The largest absolute Gasteiger partial charge is 0.409 e. The minimum Gasteiger partial charge on any atom is -0.409 e. The molecule has 6 heteroatoms. The van der Waals surface area contributed by atoms with E-state index < -0.39 is 0 Å². The summed E-state index contributed by atoms with van der Waals surface area (Å²) in [4.78, 5) is 14.3. The topological polar surface area (TPSA) is 78.9 Å². The Labute approximate surface area is 123 Å². The van der Waals surface area contributed by atoms with Crippen LogP contribution in [0.3, 0.4) is 0 Å². The second-order valence-electron chi connectivity index (χ2n) is 5.00. The molecule has 2 rings (SSSR count). The summed E-state index contributed by atoms with van der Waals surface area (Å²) in [5.41, 5.74) is 7.12. The highest BCUT2D eigenvalue weighted by Gasteiger charge is 2.30. The molecular formula is C14H18ClN3O2. The minimum atomic E-state index is -0.336. The lowest BCUT2D eigenvalue weighted by Gasteiger charge is -2.34. The molecule has 1 aliphatic heterocycles. The highest BCUT2D eigenvalue weighted by Crippen LogP contribution is 2.22. The first-order valence-corrected chi connectivity index (χ1v) is 6.97. The summed E-state index contributed by atoms with van der Waals surface area (Å²) in [5.74, 6) is -0.0233. The average molecular weight is 296 g/mol. The van der Waals surface area contributed by atoms with Gasteiger partial charge >= 0.3 is 0 Å². The monoisotopic (exact) mass is 295 g/mol. The Balaban J connectivity index is 2.27. The summed E-state index contributed by atoms with van der Waals surface area (Å²) in [6, 6.07) is 4.85. The third kappa shape index (κ3) is 2.88. The highest BCUT2D eigenvalue weighted by atomic mass is 35.5. The fraction of sp³-hybridized carbons (Fsp3) is 0.429. The molecule has 1 aromatic rings. The number of nitrogens with two attached hydrogens (primary N) is 1. The van der Waals surface area contributed by atoms with Crippen LogP contribution in [0.5, 0.6) is 0 Å². The third-order valence-corrected chi connectivity index (χ3v) is 4.05. The Bertz CT molecular complexity index is 545. The van der Waals surface area contributed by atoms with Crippen molar-refractivity contribution in [3.05, 3.63) is 34.3 Å². The van der Waals surface area contributed by atoms with E-state index in [1.165, 1.54) is 0 Å². The molecule has 0 spiro atoms. The zero-order chi connectivity index (χ0) is 14.7. The summed E-state index contributed by atoms with van der Waals surface area (Å²) in [5, 5.41) is 12.5. The van der Waals surface area contributed by atoms with Gasteiger partial charge < -0.3 is 15.8 Å². The Morgan fingerprint density at radius 3 is 2.90 bits per heavy atom. The molecule has 1 unspecified atom stereocenters. The van der Waals surface area contributed by atoms with Gasteiger partial charge in [0.15, 0.2) is 5.84 Å². The first-order chi connectivity index (χ1) is 9.54. The number of hydrogen-bond donors (Lipinski definition) is 2. The van der Waals surface area contributed by atoms with Crippen LogP contribution in [-0.4, -0.2) is 34.4 Å². The number of hydrogen-bond acceptors (Lipinski definition) is 3. The van der Waals surface area contributed by atoms with Gasteiger partial charge in [-0.15, -0.1) is 0 Å². The van der Waals surface area contributed by atoms with Gasteiger partial charge in [-0.2, -0.15) is 0 Å². The molecule has 0 radical (unpaired) electrons. The summed E-state index contributed by atoms with van der Waals surface area (Å²) in [6.45, 7) is 2.47. The molecule has 0 aliphatic carbocycles. The molecule has 1 heterocycles. The third-order valence-electron chi connectivity index (χ3n) is 3.63. The lowest BCUT2D eigenvalue weighted by Crippen LogP contribution is -2.50. The molecule has 108 valence electrons. The summed E-state index contributed by atoms with van der Waals surface area (Å²) in [6.07, 6.45) is 2.60. The van der Waals surface area contributed by atoms with Crippen molar-refractivity contribution in [1.29, 1.82) is 0 Å². The lowest BCUT2D eigenvalue weighted by atomic mass is 9.99. The van der Waals surface area contributed by atoms with E-state index in [0.29, 0.717) is 23.6 Å². The van der Waals surface area contributed by atoms with Crippen molar-refractivity contribution in [3.63, 3.8) is 0 Å². The quantitative estimate of drug-likeness (QED) is 0.380. The molecule has 1 aromatic carbocycles. The van der Waals surface area contributed by atoms with Gasteiger partial charge in [0.2, 0.25) is 0 Å². The Kier molecular flexibility index (Phi) is 4.49. The number of carbonyl (C=O) groups is 1. The highest BCUT2D eigenvalue weighted by molar-refractivity contribution is 6.31. The molecule has 0 bridgehead atoms. The smallest absolute Gasteiger partial charge is 0.254 e. The van der Waals surface area contributed by atoms with Crippen molar-refractivity contribution >= 4 is 23.3 Å². The zero-order valence-electron chi connectivity index (χ0n) is 11.3. The van der Waals surface area contributed by atoms with E-state index in [1.54, 1.807) is 23.1 Å². The normalized spacial score (nSPS) is 20.0. The van der Waals surface area contributed by atoms with Gasteiger partial charge in [-0.25, -0.2) is 0 Å². The number of amides is 1. The van der Waals surface area contributed by atoms with Crippen LogP contribution in [0.2, 0.25) is 5.02 Å². The predicted molar refractivity (Wildman–Crippen MR) is 78.3 cm³/mol. The van der Waals surface area contributed by atoms with Gasteiger partial charge in [-0.1, -0.05) is 16.8 Å². The number of aryl methyl sites for hydroxylation is 1. The van der Waals surface area contributed by atoms with Gasteiger partial charge in [0.05, 0.1) is 6.04 Å². The van der Waals surface area contributed by atoms with Crippen LogP contribution in [-0.2, 0) is 0 Å². The SMILES string of the molecule is Cc1cc(C(=O)N2CCCCC2/C(N)=N/O)ccc1Cl. The van der Waals surface area contributed by atoms with E-state index in [2.05, 4.69) is 5.16 Å². The maximum atomic E-state index is 12.6. The second kappa shape index (κ2) is 6.13. The van der Waals surface area contributed by atoms with Crippen LogP contribution in [0.15, 0.2) is 23.4 Å². The standard InChI is InChI=1S/C14H18ClN3O2/c1-9-8-10(5-6-11(9)15)14(19)18-7-3-2-4-12(18)13(16)17-20/h5-6,8,12,20H,2-4,7H2,1H3,(H2,16,17). The number of amidine groups is 1. The van der Waals surface area contributed by atoms with Crippen LogP contribution in [0.1, 0.15) is 35.2 Å². The van der Waals surface area contributed by atoms with E-state index in [1.807, 2.05) is 6.92 Å². The van der Waals surface area contributed by atoms with Gasteiger partial charge in [-0.3, -0.25) is 4.79 Å². The Morgan fingerprint density at radius 2 is 2.25 bits per heavy atom. The minimum absolute atomic E-state index is 0.0868. The Hall–Kier alpha value is -1.75. The summed E-state index contributed by atoms with van der Waals surface area (Å²) >= 11 is 5.98. The number of likely N-dealkylation sites (tertiary alicyclic amines) is 1. The maximum absolute atomic E-state index is 12.6. The molecule has 3 N–H and O–H groups in total. The number of benzene rings is 1. The fourth-order valence-corrected chi connectivity index (χ4v) is 2.61. The molecule has 5 nitrogen and oxygen atoms in total. The van der Waals surface area contributed by atoms with E-state index in [9.17, 15) is 4.79 Å². The van der Waals surface area contributed by atoms with Crippen LogP contribution < -0.4 is 5.73 Å². The van der Waals surface area contributed by atoms with E-state index >= 15 is 0 Å². The average Bonchev–Trinajstić information content (AvgIpc) is 2.48. The number of piperidine rings is 1. The van der Waals surface area contributed by atoms with Gasteiger partial charge in [-0.05, 0) is 49.9 Å². The van der Waals surface area contributed by atoms with Crippen molar-refractivity contribution in [3.8, 4) is 0 Å². The van der Waals surface area contributed by atoms with E-state index in [-0.39, 0.29) is 17.8 Å². The molecule has 1 aliphatic rings. The molecule has 1 saturated heterocycles. The lowest BCUT2D eigenvalue weighted by molar-refractivity contribution is 0.0676. The van der Waals surface area contributed by atoms with Gasteiger partial charge in [0, 0.05) is 17.1 Å². The van der Waals surface area contributed by atoms with Crippen molar-refractivity contribution in [2.45, 2.75) is 32.2 Å². The van der Waals surface area contributed by atoms with Gasteiger partial charge in [0.25, 0.3) is 5.91 Å². The molecule has 1 amide bonds. The van der Waals surface area contributed by atoms with Crippen molar-refractivity contribution in [2.24, 2.45) is 10.9 Å². The van der Waals surface area contributed by atoms with E-state index in [4.69, 9.17) is 22.5 Å². The summed E-state index contributed by atoms with van der Waals surface area (Å²) in [7, 11) is 0. The maximum Gasteiger partial charge on any atom is 0.254 e. The number of carbonyl (C=O) groups excluding carboxylic acids is 1. The number of halogens is 1. The molecule has 1 atom stereocenters. The molecule has 0 aromatic heterocycles. The molecule has 20 heavy (non-hydrogen) atoms. The molecule has 0 saturated carbocycles. The predicted octanol–water partition coefficient (Wildman–Crippen LogP) is 2.39. The van der Waals surface area contributed by atoms with Crippen molar-refractivity contribution in [1.82, 2.24) is 4.90 Å². The van der Waals surface area contributed by atoms with Crippen LogP contribution in [0.25, 0.3) is 0 Å². The first-order valence-electron chi connectivity index (χ1n) is 6.59. The first kappa shape index (κ1) is 14.7. The summed E-state index contributed by atoms with van der Waals surface area (Å²) < 4.78 is 0. The van der Waals surface area contributed by atoms with Crippen molar-refractivity contribution in [2.75, 3.05) is 6.54 Å². The Morgan fingerprint density at radius 1 is 1.50 bits per heavy atom. The zero-order valence-corrected chi connectivity index (χ0v) is 12.1.